The van der Waals surface area contributed by atoms with Crippen LogP contribution in [0.15, 0.2) is 54.6 Å². The van der Waals surface area contributed by atoms with Crippen molar-refractivity contribution in [1.29, 1.82) is 0 Å². The largest absolute Gasteiger partial charge is 0.462 e. The third-order valence-electron chi connectivity index (χ3n) is 16.0. The Labute approximate surface area is 480 Å². The number of nitrogen functional groups attached to an aromatic ring is 1. The van der Waals surface area contributed by atoms with Gasteiger partial charge in [0.2, 0.25) is 23.4 Å². The minimum atomic E-state index is -1.05. The summed E-state index contributed by atoms with van der Waals surface area (Å²) in [6, 6.07) is 9.24. The third kappa shape index (κ3) is 12.2. The number of likely N-dealkylation sites (tertiary alicyclic amines) is 2. The van der Waals surface area contributed by atoms with E-state index >= 15 is 8.78 Å². The zero-order valence-corrected chi connectivity index (χ0v) is 47.3. The highest BCUT2D eigenvalue weighted by molar-refractivity contribution is 7.23. The number of thiophene rings is 1. The standard InChI is InChI=1S/C59H64ClF5N10O6S/c1-30(31-9-11-32(12-10-31)46-42(63)22-33(61)23-43(46)64)68-56(78)44-24-37(76)28-75(44)57(79)53(59(2,3)4)70-45(77)17-21-80-20-7-19-73-18-6-8-36(73)29-81-58-71-50-39(55(72-58)74-26-34-13-14-35(27-74)69-34)25-40(60)47(49(50)65)38-15-16-41(62)52-48(38)51(67-5)54(66)82-52/h9-12,15-16,22-23,25,30,34-37,44,53,69,76H,6-8,13-14,17-21,24,26-29,66H2,1-4H3,(H,68,78)(H,70,77)/t30-,34?,35?,36-,37+,44-,53+/m0/s1. The van der Waals surface area contributed by atoms with Gasteiger partial charge < -0.3 is 46.1 Å². The molecule has 6 heterocycles. The number of nitrogens with one attached hydrogen (secondary N) is 3. The Balaban J connectivity index is 0.732. The number of carbonyl (C=O) groups is 3. The maximum absolute atomic E-state index is 17.3. The number of nitrogens with zero attached hydrogens (tertiary/aromatic N) is 6. The molecule has 4 aliphatic heterocycles. The van der Waals surface area contributed by atoms with E-state index in [-0.39, 0.29) is 110 Å². The Kier molecular flexibility index (Phi) is 17.3. The SMILES string of the molecule is [C-]#[N+]c1c(N)sc2c(F)ccc(-c3c(Cl)cc4c(N5CC6CCC(C5)N6)nc(OC[C@@H]5CCCN5CCCOCCC(=O)N[C@H](C(=O)N5C[C@H](O)C[C@H]5C(=O)N[C@@H](C)c5ccc(-c6c(F)cc(F)cc6F)cc5)C(C)(C)C)nc4c3F)c12. The van der Waals surface area contributed by atoms with Crippen molar-refractivity contribution in [1.82, 2.24) is 35.7 Å². The van der Waals surface area contributed by atoms with Gasteiger partial charge in [0.1, 0.15) is 53.3 Å². The third-order valence-corrected chi connectivity index (χ3v) is 17.3. The van der Waals surface area contributed by atoms with Gasteiger partial charge in [-0.3, -0.25) is 19.3 Å². The van der Waals surface area contributed by atoms with E-state index < -0.39 is 76.5 Å². The van der Waals surface area contributed by atoms with Crippen molar-refractivity contribution in [3.8, 4) is 28.3 Å². The van der Waals surface area contributed by atoms with Gasteiger partial charge in [0, 0.05) is 92.2 Å². The first-order valence-electron chi connectivity index (χ1n) is 27.5. The Morgan fingerprint density at radius 3 is 2.37 bits per heavy atom. The topological polar surface area (TPSA) is 192 Å². The molecular formula is C59H64ClF5N10O6S. The molecule has 4 fully saturated rings. The fraction of sp³-hybridized carbons (Fsp3) is 0.458. The predicted octanol–water partition coefficient (Wildman–Crippen LogP) is 9.61. The van der Waals surface area contributed by atoms with E-state index in [4.69, 9.17) is 38.4 Å². The van der Waals surface area contributed by atoms with Gasteiger partial charge in [0.25, 0.3) is 0 Å². The first-order chi connectivity index (χ1) is 39.2. The maximum Gasteiger partial charge on any atom is 0.319 e. The van der Waals surface area contributed by atoms with Crippen molar-refractivity contribution < 1.29 is 50.9 Å². The number of hydrogen-bond acceptors (Lipinski definition) is 13. The van der Waals surface area contributed by atoms with Crippen LogP contribution in [0.4, 0.5) is 38.5 Å². The number of aliphatic hydroxyl groups excluding tert-OH is 1. The lowest BCUT2D eigenvalue weighted by Crippen LogP contribution is -2.58. The van der Waals surface area contributed by atoms with E-state index in [2.05, 4.69) is 35.6 Å². The molecule has 4 saturated heterocycles. The number of aromatic nitrogens is 2. The molecule has 16 nitrogen and oxygen atoms in total. The molecule has 0 aliphatic carbocycles. The molecule has 0 saturated carbocycles. The molecule has 2 aromatic heterocycles. The number of carbonyl (C=O) groups excluding carboxylic acids is 3. The van der Waals surface area contributed by atoms with Gasteiger partial charge in [-0.15, -0.1) is 11.3 Å². The van der Waals surface area contributed by atoms with Gasteiger partial charge in [-0.25, -0.2) is 26.8 Å². The zero-order chi connectivity index (χ0) is 58.3. The number of aliphatic hydroxyl groups is 1. The molecule has 2 unspecified atom stereocenters. The predicted molar refractivity (Wildman–Crippen MR) is 304 cm³/mol. The van der Waals surface area contributed by atoms with Crippen molar-refractivity contribution in [3.63, 3.8) is 0 Å². The summed E-state index contributed by atoms with van der Waals surface area (Å²) < 4.78 is 87.2. The van der Waals surface area contributed by atoms with Crippen molar-refractivity contribution in [2.24, 2.45) is 5.41 Å². The molecule has 82 heavy (non-hydrogen) atoms. The second kappa shape index (κ2) is 24.2. The van der Waals surface area contributed by atoms with Crippen LogP contribution in [-0.2, 0) is 19.1 Å². The summed E-state index contributed by atoms with van der Waals surface area (Å²) in [6.07, 6.45) is 3.33. The number of hydrogen-bond donors (Lipinski definition) is 5. The average molecular weight is 1170 g/mol. The molecule has 0 spiro atoms. The highest BCUT2D eigenvalue weighted by atomic mass is 35.5. The van der Waals surface area contributed by atoms with Crippen LogP contribution >= 0.6 is 22.9 Å². The summed E-state index contributed by atoms with van der Waals surface area (Å²) in [5.74, 6) is -5.49. The number of halogens is 6. The molecule has 7 atom stereocenters. The molecule has 10 rings (SSSR count). The number of benzene rings is 4. The Morgan fingerprint density at radius 1 is 0.951 bits per heavy atom. The van der Waals surface area contributed by atoms with E-state index in [1.807, 2.05) is 0 Å². The molecule has 4 aliphatic rings. The summed E-state index contributed by atoms with van der Waals surface area (Å²) >= 11 is 7.86. The molecule has 3 amide bonds. The fourth-order valence-electron chi connectivity index (χ4n) is 11.9. The van der Waals surface area contributed by atoms with Crippen LogP contribution < -0.4 is 31.3 Å². The number of anilines is 2. The van der Waals surface area contributed by atoms with Gasteiger partial charge in [-0.1, -0.05) is 62.7 Å². The fourth-order valence-corrected chi connectivity index (χ4v) is 13.1. The van der Waals surface area contributed by atoms with Crippen molar-refractivity contribution in [2.45, 2.75) is 115 Å². The minimum Gasteiger partial charge on any atom is -0.462 e. The van der Waals surface area contributed by atoms with Crippen LogP contribution in [0, 0.1) is 41.1 Å². The summed E-state index contributed by atoms with van der Waals surface area (Å²) in [5.41, 5.74) is 5.91. The molecule has 2 bridgehead atoms. The lowest BCUT2D eigenvalue weighted by atomic mass is 9.85. The van der Waals surface area contributed by atoms with Crippen LogP contribution in [0.1, 0.15) is 84.2 Å². The number of β-amino-alcohol motifs (C(OH)–C–C–N with tert-alkyl or cyclic N) is 1. The smallest absolute Gasteiger partial charge is 0.319 e. The second-order valence-electron chi connectivity index (χ2n) is 22.8. The Hall–Kier alpha value is -6.74. The van der Waals surface area contributed by atoms with Crippen LogP contribution in [0.3, 0.4) is 0 Å². The van der Waals surface area contributed by atoms with Crippen LogP contribution in [0.2, 0.25) is 5.02 Å². The van der Waals surface area contributed by atoms with Gasteiger partial charge in [0.15, 0.2) is 5.82 Å². The van der Waals surface area contributed by atoms with Crippen molar-refractivity contribution in [3.05, 3.63) is 106 Å². The minimum absolute atomic E-state index is 0.00478. The molecular weight excluding hydrogens is 1110 g/mol. The molecule has 434 valence electrons. The van der Waals surface area contributed by atoms with Crippen LogP contribution in [-0.4, -0.2) is 131 Å². The quantitative estimate of drug-likeness (QED) is 0.0312. The van der Waals surface area contributed by atoms with Crippen LogP contribution in [0.25, 0.3) is 48.1 Å². The van der Waals surface area contributed by atoms with Gasteiger partial charge in [-0.2, -0.15) is 9.97 Å². The molecule has 6 N–H and O–H groups in total. The number of amides is 3. The van der Waals surface area contributed by atoms with Crippen LogP contribution in [0.5, 0.6) is 6.01 Å². The number of fused-ring (bicyclic) bond motifs is 4. The summed E-state index contributed by atoms with van der Waals surface area (Å²) in [5, 5.41) is 20.8. The second-order valence-corrected chi connectivity index (χ2v) is 24.2. The highest BCUT2D eigenvalue weighted by Crippen LogP contribution is 2.49. The first kappa shape index (κ1) is 58.5. The number of rotatable bonds is 18. The average Bonchev–Trinajstić information content (AvgIpc) is 4.05. The summed E-state index contributed by atoms with van der Waals surface area (Å²) in [7, 11) is 0. The van der Waals surface area contributed by atoms with Crippen molar-refractivity contribution >= 4 is 78.2 Å². The maximum atomic E-state index is 17.3. The van der Waals surface area contributed by atoms with Crippen molar-refractivity contribution in [2.75, 3.05) is 63.2 Å². The van der Waals surface area contributed by atoms with E-state index in [1.54, 1.807) is 45.9 Å². The first-order valence-corrected chi connectivity index (χ1v) is 28.7. The van der Waals surface area contributed by atoms with Gasteiger partial charge in [-0.05, 0) is 79.8 Å². The van der Waals surface area contributed by atoms with E-state index in [0.717, 1.165) is 43.6 Å². The Morgan fingerprint density at radius 2 is 1.67 bits per heavy atom. The molecule has 6 aromatic rings. The molecule has 23 heteroatoms. The summed E-state index contributed by atoms with van der Waals surface area (Å²) in [6.45, 7) is 18.1. The van der Waals surface area contributed by atoms with Gasteiger partial charge >= 0.3 is 6.01 Å². The van der Waals surface area contributed by atoms with E-state index in [0.29, 0.717) is 61.6 Å². The number of piperazine rings is 1. The summed E-state index contributed by atoms with van der Waals surface area (Å²) in [4.78, 5) is 60.2. The highest BCUT2D eigenvalue weighted by Gasteiger charge is 2.45. The van der Waals surface area contributed by atoms with Gasteiger partial charge in [0.05, 0.1) is 45.6 Å². The zero-order valence-electron chi connectivity index (χ0n) is 45.8. The normalized spacial score (nSPS) is 20.8. The lowest BCUT2D eigenvalue weighted by Gasteiger charge is -2.35. The number of nitrogens with two attached hydrogens (primary N) is 1. The monoisotopic (exact) mass is 1170 g/mol. The Bertz CT molecular complexity index is 3440. The molecule has 0 radical (unpaired) electrons. The lowest BCUT2D eigenvalue weighted by molar-refractivity contribution is -0.144. The van der Waals surface area contributed by atoms with E-state index in [9.17, 15) is 32.7 Å². The van der Waals surface area contributed by atoms with E-state index in [1.165, 1.54) is 29.2 Å². The molecule has 4 aromatic carbocycles. The number of ether oxygens (including phenoxy) is 2.